The number of nitrogens with zero attached hydrogens (tertiary/aromatic N) is 3. The third kappa shape index (κ3) is 5.06. The highest BCUT2D eigenvalue weighted by molar-refractivity contribution is 14.0. The minimum absolute atomic E-state index is 0. The molecule has 4 rings (SSSR count). The summed E-state index contributed by atoms with van der Waals surface area (Å²) in [6.07, 6.45) is 5.04. The van der Waals surface area contributed by atoms with E-state index in [4.69, 9.17) is 0 Å². The molecule has 29 heavy (non-hydrogen) atoms. The second kappa shape index (κ2) is 10.2. The number of guanidine groups is 1. The Kier molecular flexibility index (Phi) is 7.46. The molecule has 0 saturated heterocycles. The smallest absolute Gasteiger partial charge is 0.191 e. The maximum atomic E-state index is 4.42. The van der Waals surface area contributed by atoms with Crippen LogP contribution in [0.1, 0.15) is 12.0 Å². The first-order chi connectivity index (χ1) is 13.8. The fraction of sp³-hybridized carbons (Fsp3) is 0.217. The highest BCUT2D eigenvalue weighted by Crippen LogP contribution is 2.16. The highest BCUT2D eigenvalue weighted by Gasteiger charge is 2.04. The molecule has 0 saturated carbocycles. The number of hydrogen-bond donors (Lipinski definition) is 2. The van der Waals surface area contributed by atoms with Gasteiger partial charge in [-0.05, 0) is 41.6 Å². The molecule has 0 spiro atoms. The number of aryl methyl sites for hydroxylation is 1. The molecular weight excluding hydrogens is 473 g/mol. The van der Waals surface area contributed by atoms with Crippen LogP contribution in [-0.4, -0.2) is 29.1 Å². The summed E-state index contributed by atoms with van der Waals surface area (Å²) in [5, 5.41) is 9.28. The van der Waals surface area contributed by atoms with E-state index in [9.17, 15) is 0 Å². The molecule has 0 radical (unpaired) electrons. The minimum atomic E-state index is 0. The summed E-state index contributed by atoms with van der Waals surface area (Å²) in [7, 11) is 1.81. The zero-order valence-electron chi connectivity index (χ0n) is 16.5. The largest absolute Gasteiger partial charge is 0.356 e. The molecule has 2 aromatic carbocycles. The Morgan fingerprint density at radius 3 is 2.72 bits per heavy atom. The number of pyridine rings is 1. The Morgan fingerprint density at radius 2 is 1.83 bits per heavy atom. The number of aromatic nitrogens is 2. The van der Waals surface area contributed by atoms with Crippen LogP contribution in [0.4, 0.5) is 0 Å². The third-order valence-electron chi connectivity index (χ3n) is 4.96. The van der Waals surface area contributed by atoms with Crippen molar-refractivity contribution < 1.29 is 0 Å². The van der Waals surface area contributed by atoms with E-state index in [0.29, 0.717) is 6.54 Å². The Hall–Kier alpha value is -2.61. The Balaban J connectivity index is 0.00000240. The van der Waals surface area contributed by atoms with Crippen molar-refractivity contribution >= 4 is 51.7 Å². The van der Waals surface area contributed by atoms with Crippen molar-refractivity contribution in [3.05, 3.63) is 78.6 Å². The number of aliphatic imine (C=N–C) groups is 1. The quantitative estimate of drug-likeness (QED) is 0.177. The van der Waals surface area contributed by atoms with Crippen LogP contribution in [0.25, 0.3) is 21.8 Å². The molecule has 0 atom stereocenters. The van der Waals surface area contributed by atoms with E-state index in [0.717, 1.165) is 31.0 Å². The lowest BCUT2D eigenvalue weighted by Crippen LogP contribution is -2.37. The molecule has 2 heterocycles. The molecule has 0 amide bonds. The predicted molar refractivity (Wildman–Crippen MR) is 132 cm³/mol. The van der Waals surface area contributed by atoms with E-state index in [1.165, 1.54) is 21.9 Å². The van der Waals surface area contributed by atoms with Gasteiger partial charge in [-0.15, -0.1) is 24.0 Å². The molecule has 4 aromatic rings. The Bertz CT molecular complexity index is 1100. The number of rotatable bonds is 6. The van der Waals surface area contributed by atoms with Crippen molar-refractivity contribution in [3.63, 3.8) is 0 Å². The summed E-state index contributed by atoms with van der Waals surface area (Å²) in [4.78, 5) is 8.76. The molecule has 6 heteroatoms. The fourth-order valence-electron chi connectivity index (χ4n) is 3.50. The molecule has 5 nitrogen and oxygen atoms in total. The minimum Gasteiger partial charge on any atom is -0.356 e. The summed E-state index contributed by atoms with van der Waals surface area (Å²) in [5.41, 5.74) is 3.52. The van der Waals surface area contributed by atoms with E-state index in [1.54, 1.807) is 7.05 Å². The molecule has 2 aromatic heterocycles. The maximum absolute atomic E-state index is 4.42. The van der Waals surface area contributed by atoms with Crippen LogP contribution < -0.4 is 10.6 Å². The van der Waals surface area contributed by atoms with Crippen molar-refractivity contribution in [2.45, 2.75) is 19.5 Å². The standard InChI is InChI=1S/C23H25N5.HI/c1-24-23(27-17-19-11-14-25-21-9-4-3-8-20(19)21)26-13-6-15-28-16-12-18-7-2-5-10-22(18)28;/h2-5,7-12,14,16H,6,13,15,17H2,1H3,(H2,24,26,27);1H. The van der Waals surface area contributed by atoms with Crippen LogP contribution in [-0.2, 0) is 13.1 Å². The molecule has 0 aliphatic heterocycles. The van der Waals surface area contributed by atoms with E-state index in [2.05, 4.69) is 73.8 Å². The summed E-state index contributed by atoms with van der Waals surface area (Å²) in [6, 6.07) is 20.9. The number of halogens is 1. The first-order valence-electron chi connectivity index (χ1n) is 9.66. The molecule has 2 N–H and O–H groups in total. The fourth-order valence-corrected chi connectivity index (χ4v) is 3.50. The SMILES string of the molecule is CN=C(NCCCn1ccc2ccccc21)NCc1ccnc2ccccc12.I. The maximum Gasteiger partial charge on any atom is 0.191 e. The van der Waals surface area contributed by atoms with E-state index in [-0.39, 0.29) is 24.0 Å². The van der Waals surface area contributed by atoms with Crippen LogP contribution in [0.2, 0.25) is 0 Å². The van der Waals surface area contributed by atoms with E-state index < -0.39 is 0 Å². The lowest BCUT2D eigenvalue weighted by molar-refractivity contribution is 0.641. The highest BCUT2D eigenvalue weighted by atomic mass is 127. The topological polar surface area (TPSA) is 54.2 Å². The first kappa shape index (κ1) is 21.1. The summed E-state index contributed by atoms with van der Waals surface area (Å²) < 4.78 is 2.30. The lowest BCUT2D eigenvalue weighted by Gasteiger charge is -2.13. The monoisotopic (exact) mass is 499 g/mol. The first-order valence-corrected chi connectivity index (χ1v) is 9.66. The van der Waals surface area contributed by atoms with E-state index in [1.807, 2.05) is 24.4 Å². The normalized spacial score (nSPS) is 11.4. The Labute approximate surface area is 188 Å². The average molecular weight is 499 g/mol. The number of nitrogens with one attached hydrogen (secondary N) is 2. The number of para-hydroxylation sites is 2. The predicted octanol–water partition coefficient (Wildman–Crippen LogP) is 4.56. The zero-order valence-corrected chi connectivity index (χ0v) is 18.8. The van der Waals surface area contributed by atoms with Crippen LogP contribution >= 0.6 is 24.0 Å². The number of hydrogen-bond acceptors (Lipinski definition) is 2. The van der Waals surface area contributed by atoms with Gasteiger partial charge in [-0.1, -0.05) is 36.4 Å². The summed E-state index contributed by atoms with van der Waals surface area (Å²) in [5.74, 6) is 0.818. The van der Waals surface area contributed by atoms with Gasteiger partial charge in [0.15, 0.2) is 5.96 Å². The summed E-state index contributed by atoms with van der Waals surface area (Å²) >= 11 is 0. The van der Waals surface area contributed by atoms with Gasteiger partial charge in [0.25, 0.3) is 0 Å². The van der Waals surface area contributed by atoms with Gasteiger partial charge >= 0.3 is 0 Å². The van der Waals surface area contributed by atoms with Crippen molar-refractivity contribution in [2.24, 2.45) is 4.99 Å². The average Bonchev–Trinajstić information content (AvgIpc) is 3.16. The van der Waals surface area contributed by atoms with Crippen LogP contribution in [0.3, 0.4) is 0 Å². The van der Waals surface area contributed by atoms with Crippen molar-refractivity contribution in [2.75, 3.05) is 13.6 Å². The van der Waals surface area contributed by atoms with Gasteiger partial charge in [-0.25, -0.2) is 0 Å². The molecular formula is C23H26IN5. The lowest BCUT2D eigenvalue weighted by atomic mass is 10.1. The van der Waals surface area contributed by atoms with Gasteiger partial charge in [0.05, 0.1) is 5.52 Å². The van der Waals surface area contributed by atoms with Crippen LogP contribution in [0, 0.1) is 0 Å². The number of benzene rings is 2. The molecule has 0 bridgehead atoms. The Morgan fingerprint density at radius 1 is 1.00 bits per heavy atom. The van der Waals surface area contributed by atoms with Gasteiger partial charge in [-0.3, -0.25) is 9.98 Å². The van der Waals surface area contributed by atoms with Crippen LogP contribution in [0.15, 0.2) is 78.0 Å². The van der Waals surface area contributed by atoms with Crippen molar-refractivity contribution in [3.8, 4) is 0 Å². The molecule has 0 aliphatic rings. The van der Waals surface area contributed by atoms with E-state index >= 15 is 0 Å². The van der Waals surface area contributed by atoms with Crippen molar-refractivity contribution in [1.82, 2.24) is 20.2 Å². The van der Waals surface area contributed by atoms with Crippen molar-refractivity contribution in [1.29, 1.82) is 0 Å². The van der Waals surface area contributed by atoms with Gasteiger partial charge in [0.2, 0.25) is 0 Å². The third-order valence-corrected chi connectivity index (χ3v) is 4.96. The summed E-state index contributed by atoms with van der Waals surface area (Å²) in [6.45, 7) is 2.56. The molecule has 0 aliphatic carbocycles. The molecule has 150 valence electrons. The second-order valence-corrected chi connectivity index (χ2v) is 6.76. The second-order valence-electron chi connectivity index (χ2n) is 6.76. The van der Waals surface area contributed by atoms with Crippen LogP contribution in [0.5, 0.6) is 0 Å². The molecule has 0 unspecified atom stereocenters. The van der Waals surface area contributed by atoms with Gasteiger partial charge in [-0.2, -0.15) is 0 Å². The van der Waals surface area contributed by atoms with Gasteiger partial charge < -0.3 is 15.2 Å². The zero-order chi connectivity index (χ0) is 19.2. The number of fused-ring (bicyclic) bond motifs is 2. The molecule has 0 fully saturated rings. The van der Waals surface area contributed by atoms with Gasteiger partial charge in [0, 0.05) is 50.0 Å². The van der Waals surface area contributed by atoms with Gasteiger partial charge in [0.1, 0.15) is 0 Å².